The summed E-state index contributed by atoms with van der Waals surface area (Å²) in [6.07, 6.45) is 6.06. The largest absolute Gasteiger partial charge is 0.508 e. The number of phenolic OH excluding ortho intramolecular Hbond substituents is 1. The number of para-hydroxylation sites is 1. The second kappa shape index (κ2) is 6.56. The monoisotopic (exact) mass is 384 g/mol. The third-order valence-corrected chi connectivity index (χ3v) is 7.61. The quantitative estimate of drug-likeness (QED) is 0.710. The van der Waals surface area contributed by atoms with Crippen LogP contribution in [-0.4, -0.2) is 34.6 Å². The van der Waals surface area contributed by atoms with Crippen LogP contribution in [0.1, 0.15) is 36.1 Å². The number of phenols is 1. The summed E-state index contributed by atoms with van der Waals surface area (Å²) in [4.78, 5) is 7.81. The van der Waals surface area contributed by atoms with Gasteiger partial charge in [0.25, 0.3) is 0 Å². The van der Waals surface area contributed by atoms with Crippen molar-refractivity contribution >= 4 is 10.9 Å². The van der Waals surface area contributed by atoms with Gasteiger partial charge in [0.1, 0.15) is 5.75 Å². The summed E-state index contributed by atoms with van der Waals surface area (Å²) in [5, 5.41) is 11.5. The fraction of sp³-hybridized carbons (Fsp3) is 0.423. The molecule has 3 nitrogen and oxygen atoms in total. The summed E-state index contributed by atoms with van der Waals surface area (Å²) in [7, 11) is 0. The summed E-state index contributed by atoms with van der Waals surface area (Å²) >= 11 is 0. The zero-order valence-corrected chi connectivity index (χ0v) is 16.8. The molecule has 0 spiro atoms. The summed E-state index contributed by atoms with van der Waals surface area (Å²) in [5.74, 6) is 1.89. The normalized spacial score (nSPS) is 26.8. The van der Waals surface area contributed by atoms with Crippen molar-refractivity contribution in [2.45, 2.75) is 37.5 Å². The van der Waals surface area contributed by atoms with Crippen LogP contribution < -0.4 is 0 Å². The van der Waals surface area contributed by atoms with Crippen LogP contribution in [0, 0.1) is 11.8 Å². The Morgan fingerprint density at radius 1 is 1.07 bits per heavy atom. The number of hydrogen-bond donors (Lipinski definition) is 1. The minimum Gasteiger partial charge on any atom is -0.508 e. The van der Waals surface area contributed by atoms with Crippen LogP contribution in [0.5, 0.6) is 5.75 Å². The molecule has 0 bridgehead atoms. The molecule has 2 heterocycles. The van der Waals surface area contributed by atoms with Crippen LogP contribution in [0.3, 0.4) is 0 Å². The number of pyridine rings is 1. The number of piperidine rings is 1. The van der Waals surface area contributed by atoms with Crippen molar-refractivity contribution in [2.24, 2.45) is 11.8 Å². The van der Waals surface area contributed by atoms with E-state index in [-0.39, 0.29) is 5.41 Å². The molecule has 1 N–H and O–H groups in total. The minimum absolute atomic E-state index is 0.0846. The maximum atomic E-state index is 10.2. The van der Waals surface area contributed by atoms with E-state index < -0.39 is 0 Å². The molecule has 1 aliphatic heterocycles. The lowest BCUT2D eigenvalue weighted by molar-refractivity contribution is 0.0777. The van der Waals surface area contributed by atoms with Gasteiger partial charge in [-0.25, -0.2) is 0 Å². The predicted octanol–water partition coefficient (Wildman–Crippen LogP) is 4.71. The second-order valence-corrected chi connectivity index (χ2v) is 9.52. The van der Waals surface area contributed by atoms with Crippen molar-refractivity contribution in [3.8, 4) is 5.75 Å². The number of benzene rings is 2. The van der Waals surface area contributed by atoms with Gasteiger partial charge in [-0.3, -0.25) is 4.98 Å². The third kappa shape index (κ3) is 3.03. The van der Waals surface area contributed by atoms with E-state index in [0.29, 0.717) is 11.7 Å². The standard InChI is InChI=1S/C26H28N2O/c29-23-6-3-5-21(14-23)26-10-11-28(16-18-8-9-18)17-22(26)13-20-12-19-4-1-2-7-24(19)27-25(20)15-26/h1-7,12,14,18,22,29H,8-11,13,15-17H2/t22-,26+/m0/s1. The zero-order valence-electron chi connectivity index (χ0n) is 16.8. The molecule has 0 unspecified atom stereocenters. The molecule has 6 rings (SSSR count). The molecule has 29 heavy (non-hydrogen) atoms. The molecule has 3 aromatic rings. The van der Waals surface area contributed by atoms with Crippen LogP contribution >= 0.6 is 0 Å². The average Bonchev–Trinajstić information content (AvgIpc) is 3.55. The Bertz CT molecular complexity index is 1070. The molecule has 2 aromatic carbocycles. The van der Waals surface area contributed by atoms with Crippen LogP contribution in [0.2, 0.25) is 0 Å². The second-order valence-electron chi connectivity index (χ2n) is 9.52. The minimum atomic E-state index is 0.0846. The van der Waals surface area contributed by atoms with E-state index in [1.807, 2.05) is 12.1 Å². The first-order chi connectivity index (χ1) is 14.2. The lowest BCUT2D eigenvalue weighted by Gasteiger charge is -2.51. The number of nitrogens with zero attached hydrogens (tertiary/aromatic N) is 2. The molecule has 3 aliphatic rings. The highest BCUT2D eigenvalue weighted by atomic mass is 16.3. The van der Waals surface area contributed by atoms with Gasteiger partial charge >= 0.3 is 0 Å². The van der Waals surface area contributed by atoms with E-state index in [1.54, 1.807) is 6.07 Å². The number of aromatic nitrogens is 1. The number of hydrogen-bond acceptors (Lipinski definition) is 3. The van der Waals surface area contributed by atoms with Crippen LogP contribution in [0.25, 0.3) is 10.9 Å². The molecule has 148 valence electrons. The molecule has 1 aromatic heterocycles. The van der Waals surface area contributed by atoms with Crippen molar-refractivity contribution in [3.63, 3.8) is 0 Å². The Balaban J connectivity index is 1.44. The summed E-state index contributed by atoms with van der Waals surface area (Å²) in [6, 6.07) is 18.9. The Labute approximate surface area is 172 Å². The average molecular weight is 385 g/mol. The van der Waals surface area contributed by atoms with E-state index in [1.165, 1.54) is 48.1 Å². The SMILES string of the molecule is Oc1cccc([C@]23CCN(CC4CC4)C[C@@H]2Cc2cc4ccccc4nc2C3)c1. The summed E-state index contributed by atoms with van der Waals surface area (Å²) < 4.78 is 0. The first-order valence-corrected chi connectivity index (χ1v) is 11.1. The Hall–Kier alpha value is -2.39. The zero-order chi connectivity index (χ0) is 19.4. The van der Waals surface area contributed by atoms with Gasteiger partial charge < -0.3 is 10.0 Å². The Kier molecular flexibility index (Phi) is 3.95. The number of likely N-dealkylation sites (tertiary alicyclic amines) is 1. The van der Waals surface area contributed by atoms with Crippen LogP contribution in [0.15, 0.2) is 54.6 Å². The molecule has 2 aliphatic carbocycles. The predicted molar refractivity (Wildman–Crippen MR) is 116 cm³/mol. The van der Waals surface area contributed by atoms with E-state index in [0.717, 1.165) is 37.2 Å². The van der Waals surface area contributed by atoms with Gasteiger partial charge in [0, 0.05) is 36.0 Å². The van der Waals surface area contributed by atoms with Crippen molar-refractivity contribution in [1.29, 1.82) is 0 Å². The first-order valence-electron chi connectivity index (χ1n) is 11.1. The van der Waals surface area contributed by atoms with Crippen LogP contribution in [-0.2, 0) is 18.3 Å². The maximum Gasteiger partial charge on any atom is 0.115 e. The highest BCUT2D eigenvalue weighted by Gasteiger charge is 2.48. The fourth-order valence-corrected chi connectivity index (χ4v) is 5.85. The van der Waals surface area contributed by atoms with Gasteiger partial charge in [0.05, 0.1) is 5.52 Å². The fourth-order valence-electron chi connectivity index (χ4n) is 5.85. The number of fused-ring (bicyclic) bond motifs is 3. The van der Waals surface area contributed by atoms with E-state index >= 15 is 0 Å². The molecular weight excluding hydrogens is 356 g/mol. The molecule has 0 radical (unpaired) electrons. The number of rotatable bonds is 3. The highest BCUT2D eigenvalue weighted by Crippen LogP contribution is 2.48. The van der Waals surface area contributed by atoms with E-state index in [2.05, 4.69) is 41.3 Å². The van der Waals surface area contributed by atoms with Gasteiger partial charge in [0.2, 0.25) is 0 Å². The Morgan fingerprint density at radius 2 is 1.97 bits per heavy atom. The first kappa shape index (κ1) is 17.5. The molecule has 2 atom stereocenters. The van der Waals surface area contributed by atoms with Crippen LogP contribution in [0.4, 0.5) is 0 Å². The van der Waals surface area contributed by atoms with Crippen molar-refractivity contribution in [2.75, 3.05) is 19.6 Å². The lowest BCUT2D eigenvalue weighted by Crippen LogP contribution is -2.54. The van der Waals surface area contributed by atoms with Crippen molar-refractivity contribution in [1.82, 2.24) is 9.88 Å². The number of aromatic hydroxyl groups is 1. The van der Waals surface area contributed by atoms with E-state index in [9.17, 15) is 5.11 Å². The third-order valence-electron chi connectivity index (χ3n) is 7.61. The van der Waals surface area contributed by atoms with Gasteiger partial charge in [-0.1, -0.05) is 30.3 Å². The van der Waals surface area contributed by atoms with Gasteiger partial charge in [0.15, 0.2) is 0 Å². The molecular formula is C26H28N2O. The highest BCUT2D eigenvalue weighted by molar-refractivity contribution is 5.79. The topological polar surface area (TPSA) is 36.4 Å². The molecule has 0 amide bonds. The van der Waals surface area contributed by atoms with Gasteiger partial charge in [-0.05, 0) is 79.5 Å². The lowest BCUT2D eigenvalue weighted by atomic mass is 9.58. The molecule has 1 saturated carbocycles. The van der Waals surface area contributed by atoms with Crippen molar-refractivity contribution < 1.29 is 5.11 Å². The Morgan fingerprint density at radius 3 is 2.83 bits per heavy atom. The molecule has 1 saturated heterocycles. The van der Waals surface area contributed by atoms with Gasteiger partial charge in [-0.15, -0.1) is 0 Å². The van der Waals surface area contributed by atoms with E-state index in [4.69, 9.17) is 4.98 Å². The molecule has 3 heteroatoms. The molecule has 2 fully saturated rings. The van der Waals surface area contributed by atoms with Gasteiger partial charge in [-0.2, -0.15) is 0 Å². The summed E-state index contributed by atoms with van der Waals surface area (Å²) in [6.45, 7) is 3.60. The maximum absolute atomic E-state index is 10.2. The van der Waals surface area contributed by atoms with Crippen molar-refractivity contribution in [3.05, 3.63) is 71.4 Å². The smallest absolute Gasteiger partial charge is 0.115 e. The summed E-state index contributed by atoms with van der Waals surface area (Å²) in [5.41, 5.74) is 5.18.